The molecule has 2 unspecified atom stereocenters. The molecule has 1 fully saturated rings. The molecular weight excluding hydrogens is 497 g/mol. The average Bonchev–Trinajstić information content (AvgIpc) is 2.96. The number of nitrogens with zero attached hydrogens (tertiary/aromatic N) is 1. The first kappa shape index (κ1) is 28.4. The van der Waals surface area contributed by atoms with E-state index < -0.39 is 6.04 Å². The van der Waals surface area contributed by atoms with E-state index in [1.54, 1.807) is 18.2 Å². The van der Waals surface area contributed by atoms with Crippen molar-refractivity contribution in [3.8, 4) is 0 Å². The van der Waals surface area contributed by atoms with Crippen LogP contribution < -0.4 is 16.0 Å². The van der Waals surface area contributed by atoms with E-state index in [0.29, 0.717) is 37.3 Å². The van der Waals surface area contributed by atoms with Crippen molar-refractivity contribution >= 4 is 35.1 Å². The van der Waals surface area contributed by atoms with Gasteiger partial charge in [0.1, 0.15) is 18.1 Å². The van der Waals surface area contributed by atoms with Crippen molar-refractivity contribution in [2.75, 3.05) is 25.2 Å². The van der Waals surface area contributed by atoms with Crippen molar-refractivity contribution < 1.29 is 23.5 Å². The Morgan fingerprint density at radius 2 is 1.90 bits per heavy atom. The zero-order valence-electron chi connectivity index (χ0n) is 22.5. The van der Waals surface area contributed by atoms with Gasteiger partial charge in [0.25, 0.3) is 0 Å². The van der Waals surface area contributed by atoms with Gasteiger partial charge >= 0.3 is 0 Å². The third-order valence-corrected chi connectivity index (χ3v) is 7.77. The number of amides is 2. The quantitative estimate of drug-likeness (QED) is 0.357. The monoisotopic (exact) mass is 533 g/mol. The van der Waals surface area contributed by atoms with Gasteiger partial charge in [0, 0.05) is 44.5 Å². The lowest BCUT2D eigenvalue weighted by atomic mass is 9.87. The molecule has 2 amide bonds. The van der Waals surface area contributed by atoms with Crippen LogP contribution in [0.5, 0.6) is 0 Å². The van der Waals surface area contributed by atoms with Gasteiger partial charge in [-0.2, -0.15) is 0 Å². The fourth-order valence-corrected chi connectivity index (χ4v) is 5.55. The molecule has 1 saturated heterocycles. The second kappa shape index (κ2) is 13.0. The first-order valence-corrected chi connectivity index (χ1v) is 13.4. The van der Waals surface area contributed by atoms with E-state index in [1.165, 1.54) is 11.9 Å². The Balaban J connectivity index is 1.69. The molecule has 0 saturated carbocycles. The number of carbonyl (C=O) groups is 3. The number of nitrogens with one attached hydrogen (secondary N) is 1. The number of anilines is 1. The molecule has 2 atom stereocenters. The van der Waals surface area contributed by atoms with Gasteiger partial charge in [-0.25, -0.2) is 4.39 Å². The Bertz CT molecular complexity index is 1340. The maximum Gasteiger partial charge on any atom is 0.242 e. The summed E-state index contributed by atoms with van der Waals surface area (Å²) in [6, 6.07) is 13.7. The molecule has 3 N–H and O–H groups in total. The maximum absolute atomic E-state index is 15.3. The van der Waals surface area contributed by atoms with Crippen molar-refractivity contribution in [2.45, 2.75) is 51.1 Å². The van der Waals surface area contributed by atoms with Crippen molar-refractivity contribution in [3.63, 3.8) is 0 Å². The lowest BCUT2D eigenvalue weighted by Crippen LogP contribution is -2.45. The van der Waals surface area contributed by atoms with Gasteiger partial charge < -0.3 is 25.5 Å². The summed E-state index contributed by atoms with van der Waals surface area (Å²) in [6.45, 7) is 3.31. The third-order valence-electron chi connectivity index (χ3n) is 7.77. The molecule has 0 radical (unpaired) electrons. The number of halogens is 1. The van der Waals surface area contributed by atoms with E-state index in [0.717, 1.165) is 46.6 Å². The van der Waals surface area contributed by atoms with Crippen LogP contribution in [0, 0.1) is 18.7 Å². The second-order valence-corrected chi connectivity index (χ2v) is 10.1. The second-order valence-electron chi connectivity index (χ2n) is 10.1. The van der Waals surface area contributed by atoms with Crippen LogP contribution in [0.4, 0.5) is 10.1 Å². The number of aldehydes is 1. The predicted molar refractivity (Wildman–Crippen MR) is 150 cm³/mol. The zero-order valence-corrected chi connectivity index (χ0v) is 22.5. The van der Waals surface area contributed by atoms with Crippen LogP contribution in [0.1, 0.15) is 54.0 Å². The van der Waals surface area contributed by atoms with Crippen LogP contribution in [0.15, 0.2) is 48.5 Å². The number of benzene rings is 3. The van der Waals surface area contributed by atoms with Gasteiger partial charge in [0.15, 0.2) is 0 Å². The molecule has 0 spiro atoms. The fraction of sp³-hybridized carbons (Fsp3) is 0.387. The van der Waals surface area contributed by atoms with Gasteiger partial charge in [-0.1, -0.05) is 36.4 Å². The normalized spacial score (nSPS) is 15.5. The molecule has 0 aromatic heterocycles. The Morgan fingerprint density at radius 3 is 2.56 bits per heavy atom. The molecule has 39 heavy (non-hydrogen) atoms. The van der Waals surface area contributed by atoms with Gasteiger partial charge in [-0.05, 0) is 71.9 Å². The first-order chi connectivity index (χ1) is 18.9. The van der Waals surface area contributed by atoms with Crippen LogP contribution in [0.3, 0.4) is 0 Å². The average molecular weight is 534 g/mol. The number of nitrogens with two attached hydrogens (primary N) is 1. The van der Waals surface area contributed by atoms with Crippen LogP contribution in [0.2, 0.25) is 0 Å². The van der Waals surface area contributed by atoms with Crippen molar-refractivity contribution in [1.82, 2.24) is 5.32 Å². The number of hydrogen-bond donors (Lipinski definition) is 2. The summed E-state index contributed by atoms with van der Waals surface area (Å²) >= 11 is 0. The van der Waals surface area contributed by atoms with E-state index >= 15 is 4.39 Å². The van der Waals surface area contributed by atoms with Gasteiger partial charge in [-0.3, -0.25) is 9.59 Å². The van der Waals surface area contributed by atoms with Crippen molar-refractivity contribution in [1.29, 1.82) is 0 Å². The number of aryl methyl sites for hydroxylation is 1. The lowest BCUT2D eigenvalue weighted by Gasteiger charge is -2.29. The van der Waals surface area contributed by atoms with E-state index in [2.05, 4.69) is 5.32 Å². The molecular formula is C31H36FN3O4. The number of carbonyl (C=O) groups excluding carboxylic acids is 3. The Hall–Kier alpha value is -3.62. The highest BCUT2D eigenvalue weighted by molar-refractivity contribution is 6.04. The Kier molecular flexibility index (Phi) is 9.43. The summed E-state index contributed by atoms with van der Waals surface area (Å²) in [4.78, 5) is 37.4. The molecule has 0 bridgehead atoms. The van der Waals surface area contributed by atoms with Gasteiger partial charge in [-0.15, -0.1) is 0 Å². The highest BCUT2D eigenvalue weighted by Crippen LogP contribution is 2.35. The summed E-state index contributed by atoms with van der Waals surface area (Å²) in [6.07, 6.45) is 3.80. The van der Waals surface area contributed by atoms with Crippen LogP contribution >= 0.6 is 0 Å². The van der Waals surface area contributed by atoms with E-state index in [1.807, 2.05) is 37.3 Å². The van der Waals surface area contributed by atoms with Crippen LogP contribution in [-0.2, 0) is 25.5 Å². The van der Waals surface area contributed by atoms with Crippen LogP contribution in [-0.4, -0.2) is 44.9 Å². The maximum atomic E-state index is 15.3. The SMILES string of the molecule is CNC(=O)C(CCC=O)N(C=O)c1ccc(Cc2ccc(C(N)C3CCOCC3)cc2F)c2cccc(C)c12. The molecule has 4 rings (SSSR count). The molecule has 1 aliphatic rings. The third kappa shape index (κ3) is 6.18. The predicted octanol–water partition coefficient (Wildman–Crippen LogP) is 4.36. The molecule has 7 nitrogen and oxygen atoms in total. The first-order valence-electron chi connectivity index (χ1n) is 13.4. The van der Waals surface area contributed by atoms with Crippen molar-refractivity contribution in [2.24, 2.45) is 11.7 Å². The summed E-state index contributed by atoms with van der Waals surface area (Å²) in [5.41, 5.74) is 10.2. The number of hydrogen-bond acceptors (Lipinski definition) is 5. The topological polar surface area (TPSA) is 102 Å². The van der Waals surface area contributed by atoms with E-state index in [9.17, 15) is 14.4 Å². The smallest absolute Gasteiger partial charge is 0.242 e. The highest BCUT2D eigenvalue weighted by Gasteiger charge is 2.27. The zero-order chi connectivity index (χ0) is 27.9. The summed E-state index contributed by atoms with van der Waals surface area (Å²) in [5.74, 6) is -0.381. The minimum Gasteiger partial charge on any atom is -0.381 e. The van der Waals surface area contributed by atoms with E-state index in [4.69, 9.17) is 10.5 Å². The summed E-state index contributed by atoms with van der Waals surface area (Å²) in [7, 11) is 1.50. The minimum absolute atomic E-state index is 0.144. The number of likely N-dealkylation sites (N-methyl/N-ethyl adjacent to an activating group) is 1. The van der Waals surface area contributed by atoms with Crippen LogP contribution in [0.25, 0.3) is 10.8 Å². The van der Waals surface area contributed by atoms with Crippen molar-refractivity contribution in [3.05, 3.63) is 76.6 Å². The molecule has 206 valence electrons. The minimum atomic E-state index is -0.837. The number of fused-ring (bicyclic) bond motifs is 1. The standard InChI is InChI=1S/C31H36FN3O4/c1-20-5-3-6-25-22(10-11-27(29(20)25)35(19-37)28(7-4-14-36)31(38)34-2)17-23-8-9-24(18-26(23)32)30(33)21-12-15-39-16-13-21/h3,5-6,8-11,14,18-19,21,28,30H,4,7,12-13,15-17,33H2,1-2H3,(H,34,38). The molecule has 1 heterocycles. The molecule has 3 aromatic carbocycles. The van der Waals surface area contributed by atoms with Gasteiger partial charge in [0.05, 0.1) is 5.69 Å². The molecule has 3 aromatic rings. The number of rotatable bonds is 11. The Labute approximate surface area is 228 Å². The molecule has 8 heteroatoms. The fourth-order valence-electron chi connectivity index (χ4n) is 5.55. The van der Waals surface area contributed by atoms with E-state index in [-0.39, 0.29) is 36.5 Å². The summed E-state index contributed by atoms with van der Waals surface area (Å²) in [5, 5.41) is 4.27. The largest absolute Gasteiger partial charge is 0.381 e. The van der Waals surface area contributed by atoms with Gasteiger partial charge in [0.2, 0.25) is 12.3 Å². The highest BCUT2D eigenvalue weighted by atomic mass is 19.1. The summed E-state index contributed by atoms with van der Waals surface area (Å²) < 4.78 is 20.8. The number of ether oxygens (including phenoxy) is 1. The Morgan fingerprint density at radius 1 is 1.15 bits per heavy atom. The lowest BCUT2D eigenvalue weighted by molar-refractivity contribution is -0.123. The molecule has 1 aliphatic heterocycles. The molecule has 0 aliphatic carbocycles.